The Hall–Kier alpha value is -2.73. The second-order valence-corrected chi connectivity index (χ2v) is 5.39. The molecular formula is C18H15F2NO3. The summed E-state index contributed by atoms with van der Waals surface area (Å²) in [7, 11) is 0. The quantitative estimate of drug-likeness (QED) is 0.905. The molecule has 0 spiro atoms. The van der Waals surface area contributed by atoms with Gasteiger partial charge in [0, 0.05) is 17.7 Å². The van der Waals surface area contributed by atoms with Crippen LogP contribution in [-0.2, 0) is 4.79 Å². The number of hydrogen-bond donors (Lipinski definition) is 2. The molecule has 1 amide bonds. The Morgan fingerprint density at radius 1 is 1.25 bits per heavy atom. The van der Waals surface area contributed by atoms with Gasteiger partial charge in [-0.3, -0.25) is 4.79 Å². The van der Waals surface area contributed by atoms with E-state index in [1.165, 1.54) is 42.5 Å². The van der Waals surface area contributed by atoms with Crippen molar-refractivity contribution in [3.63, 3.8) is 0 Å². The Morgan fingerprint density at radius 3 is 2.83 bits per heavy atom. The summed E-state index contributed by atoms with van der Waals surface area (Å²) in [6.07, 6.45) is 0.372. The summed E-state index contributed by atoms with van der Waals surface area (Å²) < 4.78 is 32.2. The third kappa shape index (κ3) is 3.44. The summed E-state index contributed by atoms with van der Waals surface area (Å²) in [6.45, 7) is -0.104. The summed E-state index contributed by atoms with van der Waals surface area (Å²) in [6, 6.07) is 9.87. The first-order valence-corrected chi connectivity index (χ1v) is 7.38. The molecular weight excluding hydrogens is 316 g/mol. The highest BCUT2D eigenvalue weighted by Crippen LogP contribution is 2.27. The maximum atomic E-state index is 13.6. The molecule has 6 heteroatoms. The fourth-order valence-electron chi connectivity index (χ4n) is 2.44. The fourth-order valence-corrected chi connectivity index (χ4v) is 2.44. The van der Waals surface area contributed by atoms with E-state index in [9.17, 15) is 18.7 Å². The van der Waals surface area contributed by atoms with Crippen molar-refractivity contribution in [2.24, 2.45) is 0 Å². The molecule has 0 saturated carbocycles. The molecule has 0 fully saturated rings. The van der Waals surface area contributed by atoms with Crippen LogP contribution in [0.4, 0.5) is 8.78 Å². The fraction of sp³-hybridized carbons (Fsp3) is 0.167. The molecule has 1 aliphatic heterocycles. The monoisotopic (exact) mass is 331 g/mol. The molecule has 1 unspecified atom stereocenters. The van der Waals surface area contributed by atoms with Gasteiger partial charge in [0.15, 0.2) is 0 Å². The molecule has 0 aliphatic carbocycles. The molecule has 0 bridgehead atoms. The first kappa shape index (κ1) is 16.1. The predicted molar refractivity (Wildman–Crippen MR) is 84.2 cm³/mol. The van der Waals surface area contributed by atoms with Gasteiger partial charge in [-0.25, -0.2) is 8.78 Å². The molecule has 3 rings (SSSR count). The minimum absolute atomic E-state index is 0.0419. The number of hydrogen-bond acceptors (Lipinski definition) is 3. The number of carbonyl (C=O) groups is 1. The number of nitrogens with one attached hydrogen (secondary N) is 1. The lowest BCUT2D eigenvalue weighted by Crippen LogP contribution is -2.32. The molecule has 2 N–H and O–H groups in total. The highest BCUT2D eigenvalue weighted by molar-refractivity contribution is 5.99. The molecule has 1 heterocycles. The normalized spacial score (nSPS) is 14.2. The maximum absolute atomic E-state index is 13.6. The van der Waals surface area contributed by atoms with Crippen LogP contribution in [-0.4, -0.2) is 24.2 Å². The summed E-state index contributed by atoms with van der Waals surface area (Å²) in [5.74, 6) is -0.922. The number of aliphatic hydroxyl groups is 1. The highest BCUT2D eigenvalue weighted by Gasteiger charge is 2.19. The van der Waals surface area contributed by atoms with Crippen molar-refractivity contribution in [3.8, 4) is 5.75 Å². The van der Waals surface area contributed by atoms with Crippen molar-refractivity contribution < 1.29 is 23.4 Å². The van der Waals surface area contributed by atoms with E-state index in [-0.39, 0.29) is 18.7 Å². The van der Waals surface area contributed by atoms with Gasteiger partial charge in [0.25, 0.3) is 5.91 Å². The lowest BCUT2D eigenvalue weighted by atomic mass is 10.1. The largest absolute Gasteiger partial charge is 0.488 e. The summed E-state index contributed by atoms with van der Waals surface area (Å²) in [5, 5.41) is 12.5. The Balaban J connectivity index is 1.67. The number of benzene rings is 2. The van der Waals surface area contributed by atoms with E-state index in [0.717, 1.165) is 0 Å². The van der Waals surface area contributed by atoms with Gasteiger partial charge in [-0.2, -0.15) is 0 Å². The van der Waals surface area contributed by atoms with Gasteiger partial charge in [-0.15, -0.1) is 0 Å². The molecule has 4 nitrogen and oxygen atoms in total. The van der Waals surface area contributed by atoms with Crippen molar-refractivity contribution in [3.05, 3.63) is 70.8 Å². The van der Waals surface area contributed by atoms with E-state index in [2.05, 4.69) is 5.32 Å². The average molecular weight is 331 g/mol. The third-order valence-corrected chi connectivity index (χ3v) is 3.70. The molecule has 0 aromatic heterocycles. The van der Waals surface area contributed by atoms with Crippen LogP contribution in [0.2, 0.25) is 0 Å². The Kier molecular flexibility index (Phi) is 4.57. The van der Waals surface area contributed by atoms with Crippen molar-refractivity contribution in [1.82, 2.24) is 5.32 Å². The van der Waals surface area contributed by atoms with Crippen LogP contribution in [0.1, 0.15) is 17.2 Å². The van der Waals surface area contributed by atoms with Crippen molar-refractivity contribution in [2.75, 3.05) is 13.2 Å². The van der Waals surface area contributed by atoms with Crippen LogP contribution >= 0.6 is 0 Å². The number of aliphatic hydroxyl groups excluding tert-OH is 1. The molecule has 2 aromatic rings. The van der Waals surface area contributed by atoms with Crippen LogP contribution < -0.4 is 10.1 Å². The zero-order valence-electron chi connectivity index (χ0n) is 12.6. The number of rotatable bonds is 4. The zero-order chi connectivity index (χ0) is 17.1. The van der Waals surface area contributed by atoms with Gasteiger partial charge in [-0.05, 0) is 30.3 Å². The topological polar surface area (TPSA) is 58.6 Å². The first-order chi connectivity index (χ1) is 11.5. The van der Waals surface area contributed by atoms with Crippen LogP contribution in [0, 0.1) is 11.6 Å². The first-order valence-electron chi connectivity index (χ1n) is 7.38. The standard InChI is InChI=1S/C18H15F2NO3/c19-13-5-6-17-11(8-13)7-12(10-24-17)18(23)21-9-16(22)14-3-1-2-4-15(14)20/h1-8,16,22H,9-10H2,(H,21,23). The van der Waals surface area contributed by atoms with Crippen LogP contribution in [0.15, 0.2) is 48.0 Å². The molecule has 1 aliphatic rings. The average Bonchev–Trinajstić information content (AvgIpc) is 2.59. The second-order valence-electron chi connectivity index (χ2n) is 5.39. The smallest absolute Gasteiger partial charge is 0.250 e. The summed E-state index contributed by atoms with van der Waals surface area (Å²) in [5.41, 5.74) is 0.883. The van der Waals surface area contributed by atoms with E-state index in [0.29, 0.717) is 16.9 Å². The number of fused-ring (bicyclic) bond motifs is 1. The van der Waals surface area contributed by atoms with Crippen LogP contribution in [0.5, 0.6) is 5.75 Å². The summed E-state index contributed by atoms with van der Waals surface area (Å²) >= 11 is 0. The van der Waals surface area contributed by atoms with Gasteiger partial charge >= 0.3 is 0 Å². The van der Waals surface area contributed by atoms with E-state index < -0.39 is 23.6 Å². The van der Waals surface area contributed by atoms with Crippen molar-refractivity contribution in [2.45, 2.75) is 6.10 Å². The molecule has 124 valence electrons. The molecule has 0 radical (unpaired) electrons. The van der Waals surface area contributed by atoms with Gasteiger partial charge in [0.2, 0.25) is 0 Å². The molecule has 24 heavy (non-hydrogen) atoms. The lowest BCUT2D eigenvalue weighted by molar-refractivity contribution is -0.118. The number of ether oxygens (including phenoxy) is 1. The maximum Gasteiger partial charge on any atom is 0.250 e. The number of carbonyl (C=O) groups excluding carboxylic acids is 1. The molecule has 1 atom stereocenters. The zero-order valence-corrected chi connectivity index (χ0v) is 12.6. The molecule has 0 saturated heterocycles. The SMILES string of the molecule is O=C(NCC(O)c1ccccc1F)C1=Cc2cc(F)ccc2OC1. The molecule has 2 aromatic carbocycles. The number of amides is 1. The minimum Gasteiger partial charge on any atom is -0.488 e. The van der Waals surface area contributed by atoms with E-state index in [4.69, 9.17) is 4.74 Å². The Bertz CT molecular complexity index is 805. The van der Waals surface area contributed by atoms with Gasteiger partial charge < -0.3 is 15.2 Å². The van der Waals surface area contributed by atoms with Crippen LogP contribution in [0.3, 0.4) is 0 Å². The van der Waals surface area contributed by atoms with Crippen molar-refractivity contribution >= 4 is 12.0 Å². The lowest BCUT2D eigenvalue weighted by Gasteiger charge is -2.18. The minimum atomic E-state index is -1.16. The third-order valence-electron chi connectivity index (χ3n) is 3.70. The van der Waals surface area contributed by atoms with E-state index in [1.54, 1.807) is 6.07 Å². The number of halogens is 2. The Morgan fingerprint density at radius 2 is 2.04 bits per heavy atom. The summed E-state index contributed by atoms with van der Waals surface area (Å²) in [4.78, 5) is 12.2. The van der Waals surface area contributed by atoms with E-state index >= 15 is 0 Å². The van der Waals surface area contributed by atoms with Gasteiger partial charge in [0.1, 0.15) is 24.0 Å². The predicted octanol–water partition coefficient (Wildman–Crippen LogP) is 2.59. The van der Waals surface area contributed by atoms with Gasteiger partial charge in [-0.1, -0.05) is 18.2 Å². The van der Waals surface area contributed by atoms with E-state index in [1.807, 2.05) is 0 Å². The van der Waals surface area contributed by atoms with Crippen molar-refractivity contribution in [1.29, 1.82) is 0 Å². The van der Waals surface area contributed by atoms with Crippen LogP contribution in [0.25, 0.3) is 6.08 Å². The Labute approximate surface area is 137 Å². The van der Waals surface area contributed by atoms with Gasteiger partial charge in [0.05, 0.1) is 11.7 Å². The second kappa shape index (κ2) is 6.80. The highest BCUT2D eigenvalue weighted by atomic mass is 19.1.